The molecule has 17 heavy (non-hydrogen) atoms. The summed E-state index contributed by atoms with van der Waals surface area (Å²) in [5.74, 6) is -1.50. The maximum Gasteiger partial charge on any atom is 0.281 e. The maximum atomic E-state index is 12.8. The Morgan fingerprint density at radius 1 is 1.12 bits per heavy atom. The summed E-state index contributed by atoms with van der Waals surface area (Å²) in [6, 6.07) is 2.82. The first-order chi connectivity index (χ1) is 8.04. The first-order valence-corrected chi connectivity index (χ1v) is 5.39. The highest BCUT2D eigenvalue weighted by atomic mass is 32.1. The molecule has 1 aromatic carbocycles. The van der Waals surface area contributed by atoms with Crippen molar-refractivity contribution in [3.05, 3.63) is 40.9 Å². The van der Waals surface area contributed by atoms with Crippen LogP contribution in [0.15, 0.2) is 23.6 Å². The number of benzene rings is 1. The first-order valence-electron chi connectivity index (χ1n) is 4.51. The topological polar surface area (TPSA) is 24.9 Å². The molecule has 2 nitrogen and oxygen atoms in total. The average molecular weight is 262 g/mol. The Bertz CT molecular complexity index is 507. The van der Waals surface area contributed by atoms with E-state index in [4.69, 9.17) is 0 Å². The number of hydrogen-bond donors (Lipinski definition) is 1. The highest BCUT2D eigenvalue weighted by Crippen LogP contribution is 2.26. The van der Waals surface area contributed by atoms with E-state index in [0.717, 1.165) is 29.5 Å². The number of anilines is 2. The molecule has 2 rings (SSSR count). The van der Waals surface area contributed by atoms with Gasteiger partial charge < -0.3 is 5.32 Å². The second-order valence-electron chi connectivity index (χ2n) is 3.16. The van der Waals surface area contributed by atoms with Crippen molar-refractivity contribution in [2.45, 2.75) is 6.43 Å². The van der Waals surface area contributed by atoms with Crippen LogP contribution in [0.1, 0.15) is 12.1 Å². The molecule has 0 unspecified atom stereocenters. The van der Waals surface area contributed by atoms with Crippen molar-refractivity contribution in [2.75, 3.05) is 5.32 Å². The summed E-state index contributed by atoms with van der Waals surface area (Å²) in [6.07, 6.45) is -2.66. The third-order valence-corrected chi connectivity index (χ3v) is 2.64. The molecule has 1 aromatic heterocycles. The third-order valence-electron chi connectivity index (χ3n) is 1.86. The minimum atomic E-state index is -2.66. The van der Waals surface area contributed by atoms with Gasteiger partial charge in [-0.2, -0.15) is 0 Å². The van der Waals surface area contributed by atoms with E-state index in [9.17, 15) is 17.6 Å². The van der Waals surface area contributed by atoms with E-state index >= 15 is 0 Å². The smallest absolute Gasteiger partial charge is 0.281 e. The van der Waals surface area contributed by atoms with Crippen LogP contribution in [0.2, 0.25) is 0 Å². The molecule has 0 aliphatic carbocycles. The van der Waals surface area contributed by atoms with Crippen molar-refractivity contribution < 1.29 is 17.6 Å². The van der Waals surface area contributed by atoms with Gasteiger partial charge in [0.05, 0.1) is 0 Å². The monoisotopic (exact) mass is 262 g/mol. The van der Waals surface area contributed by atoms with Gasteiger partial charge >= 0.3 is 0 Å². The van der Waals surface area contributed by atoms with Gasteiger partial charge in [-0.05, 0) is 12.1 Å². The Morgan fingerprint density at radius 2 is 1.76 bits per heavy atom. The first kappa shape index (κ1) is 11.8. The molecule has 7 heteroatoms. The fourth-order valence-electron chi connectivity index (χ4n) is 1.19. The van der Waals surface area contributed by atoms with Crippen LogP contribution in [0.4, 0.5) is 28.4 Å². The van der Waals surface area contributed by atoms with Crippen LogP contribution in [-0.4, -0.2) is 4.98 Å². The molecular formula is C10H6F4N2S. The van der Waals surface area contributed by atoms with Crippen LogP contribution < -0.4 is 5.32 Å². The molecule has 0 amide bonds. The van der Waals surface area contributed by atoms with Crippen LogP contribution >= 0.6 is 11.3 Å². The van der Waals surface area contributed by atoms with Crippen LogP contribution in [0.25, 0.3) is 0 Å². The minimum absolute atomic E-state index is 0.123. The highest BCUT2D eigenvalue weighted by Gasteiger charge is 2.12. The van der Waals surface area contributed by atoms with Gasteiger partial charge in [0.2, 0.25) is 0 Å². The molecule has 0 aliphatic rings. The summed E-state index contributed by atoms with van der Waals surface area (Å²) in [7, 11) is 0. The Hall–Kier alpha value is -1.63. The lowest BCUT2D eigenvalue weighted by Crippen LogP contribution is -1.93. The van der Waals surface area contributed by atoms with Gasteiger partial charge in [-0.3, -0.25) is 0 Å². The lowest BCUT2D eigenvalue weighted by atomic mass is 10.3. The normalized spacial score (nSPS) is 10.9. The molecule has 0 radical (unpaired) electrons. The van der Waals surface area contributed by atoms with Gasteiger partial charge in [-0.1, -0.05) is 0 Å². The van der Waals surface area contributed by atoms with Crippen molar-refractivity contribution in [3.8, 4) is 0 Å². The minimum Gasteiger partial charge on any atom is -0.331 e. The maximum absolute atomic E-state index is 12.8. The van der Waals surface area contributed by atoms with E-state index in [-0.39, 0.29) is 16.5 Å². The average Bonchev–Trinajstić information content (AvgIpc) is 2.64. The fourth-order valence-corrected chi connectivity index (χ4v) is 1.92. The number of halogens is 4. The molecule has 0 saturated heterocycles. The van der Waals surface area contributed by atoms with Crippen molar-refractivity contribution in [2.24, 2.45) is 0 Å². The van der Waals surface area contributed by atoms with E-state index in [1.165, 1.54) is 5.38 Å². The van der Waals surface area contributed by atoms with Crippen LogP contribution in [0.3, 0.4) is 0 Å². The molecule has 90 valence electrons. The van der Waals surface area contributed by atoms with E-state index in [2.05, 4.69) is 10.3 Å². The molecule has 0 saturated carbocycles. The second-order valence-corrected chi connectivity index (χ2v) is 4.02. The van der Waals surface area contributed by atoms with Crippen molar-refractivity contribution in [3.63, 3.8) is 0 Å². The van der Waals surface area contributed by atoms with E-state index in [1.807, 2.05) is 0 Å². The number of hydrogen-bond acceptors (Lipinski definition) is 3. The molecular weight excluding hydrogens is 256 g/mol. The molecule has 0 spiro atoms. The predicted octanol–water partition coefficient (Wildman–Crippen LogP) is 4.10. The van der Waals surface area contributed by atoms with Gasteiger partial charge in [0.25, 0.3) is 6.43 Å². The Balaban J connectivity index is 2.19. The van der Waals surface area contributed by atoms with Gasteiger partial charge in [0.1, 0.15) is 17.3 Å². The number of alkyl halides is 2. The Labute approximate surface area is 97.9 Å². The zero-order chi connectivity index (χ0) is 12.4. The molecule has 2 aromatic rings. The summed E-state index contributed by atoms with van der Waals surface area (Å²) in [5.41, 5.74) is -0.243. The number of nitrogens with zero attached hydrogens (tertiary/aromatic N) is 1. The molecule has 0 bridgehead atoms. The SMILES string of the molecule is Fc1cc(F)cc(Nc2nc(C(F)F)cs2)c1. The summed E-state index contributed by atoms with van der Waals surface area (Å²) in [5, 5.41) is 3.90. The summed E-state index contributed by atoms with van der Waals surface area (Å²) in [6.45, 7) is 0. The van der Waals surface area contributed by atoms with Crippen molar-refractivity contribution in [1.82, 2.24) is 4.98 Å². The van der Waals surface area contributed by atoms with Gasteiger partial charge in [-0.15, -0.1) is 11.3 Å². The zero-order valence-corrected chi connectivity index (χ0v) is 9.07. The van der Waals surface area contributed by atoms with Crippen molar-refractivity contribution in [1.29, 1.82) is 0 Å². The zero-order valence-electron chi connectivity index (χ0n) is 8.25. The fraction of sp³-hybridized carbons (Fsp3) is 0.100. The summed E-state index contributed by atoms with van der Waals surface area (Å²) >= 11 is 0.937. The third kappa shape index (κ3) is 2.94. The number of thiazole rings is 1. The van der Waals surface area contributed by atoms with E-state index in [1.54, 1.807) is 0 Å². The molecule has 0 aliphatic heterocycles. The lowest BCUT2D eigenvalue weighted by molar-refractivity contribution is 0.147. The van der Waals surface area contributed by atoms with Gasteiger partial charge in [0.15, 0.2) is 5.13 Å². The highest BCUT2D eigenvalue weighted by molar-refractivity contribution is 7.13. The van der Waals surface area contributed by atoms with Crippen LogP contribution in [0, 0.1) is 11.6 Å². The number of rotatable bonds is 3. The molecule has 0 atom stereocenters. The molecule has 1 N–H and O–H groups in total. The number of nitrogens with one attached hydrogen (secondary N) is 1. The van der Waals surface area contributed by atoms with Crippen LogP contribution in [0.5, 0.6) is 0 Å². The van der Waals surface area contributed by atoms with E-state index < -0.39 is 18.1 Å². The van der Waals surface area contributed by atoms with Gasteiger partial charge in [-0.25, -0.2) is 22.5 Å². The summed E-state index contributed by atoms with van der Waals surface area (Å²) < 4.78 is 50.2. The second kappa shape index (κ2) is 4.70. The Kier molecular flexibility index (Phi) is 3.28. The Morgan fingerprint density at radius 3 is 2.29 bits per heavy atom. The van der Waals surface area contributed by atoms with Gasteiger partial charge in [0, 0.05) is 17.1 Å². The molecule has 1 heterocycles. The van der Waals surface area contributed by atoms with Crippen LogP contribution in [-0.2, 0) is 0 Å². The summed E-state index contributed by atoms with van der Waals surface area (Å²) in [4.78, 5) is 3.58. The predicted molar refractivity (Wildman–Crippen MR) is 56.7 cm³/mol. The lowest BCUT2D eigenvalue weighted by Gasteiger charge is -2.02. The molecule has 0 fully saturated rings. The number of aromatic nitrogens is 1. The quantitative estimate of drug-likeness (QED) is 0.842. The van der Waals surface area contributed by atoms with E-state index in [0.29, 0.717) is 0 Å². The standard InChI is InChI=1S/C10H6F4N2S/c11-5-1-6(12)3-7(2-5)15-10-16-8(4-17-10)9(13)14/h1-4,9H,(H,15,16). The largest absolute Gasteiger partial charge is 0.331 e. The van der Waals surface area contributed by atoms with Crippen molar-refractivity contribution >= 4 is 22.2 Å².